The minimum Gasteiger partial charge on any atom is -0.470 e. The van der Waals surface area contributed by atoms with Gasteiger partial charge in [-0.3, -0.25) is 4.79 Å². The van der Waals surface area contributed by atoms with Crippen LogP contribution in [0.25, 0.3) is 0 Å². The van der Waals surface area contributed by atoms with Gasteiger partial charge in [-0.1, -0.05) is 101 Å². The smallest absolute Gasteiger partial charge is 0.222 e. The Hall–Kier alpha value is -1.94. The Kier molecular flexibility index (Phi) is 14.6. The van der Waals surface area contributed by atoms with Crippen LogP contribution < -0.4 is 10.1 Å². The third-order valence-corrected chi connectivity index (χ3v) is 7.38. The molecule has 0 unspecified atom stereocenters. The fourth-order valence-electron chi connectivity index (χ4n) is 4.11. The molecular formula is C30H46NO2S+. The number of ether oxygens (including phenoxy) is 1. The van der Waals surface area contributed by atoms with Crippen LogP contribution in [0.3, 0.4) is 0 Å². The third-order valence-electron chi connectivity index (χ3n) is 6.17. The molecule has 0 aliphatic rings. The second kappa shape index (κ2) is 17.5. The zero-order valence-electron chi connectivity index (χ0n) is 21.7. The van der Waals surface area contributed by atoms with Gasteiger partial charge in [0.05, 0.1) is 0 Å². The molecule has 0 spiro atoms. The maximum atomic E-state index is 12.6. The van der Waals surface area contributed by atoms with Crippen molar-refractivity contribution in [1.29, 1.82) is 0 Å². The molecule has 0 saturated carbocycles. The molecule has 34 heavy (non-hydrogen) atoms. The first-order valence-corrected chi connectivity index (χ1v) is 15.3. The van der Waals surface area contributed by atoms with E-state index in [9.17, 15) is 4.79 Å². The largest absolute Gasteiger partial charge is 0.470 e. The van der Waals surface area contributed by atoms with E-state index in [0.29, 0.717) is 12.8 Å². The molecule has 0 aromatic heterocycles. The van der Waals surface area contributed by atoms with E-state index >= 15 is 0 Å². The number of carbonyl (C=O) groups is 1. The summed E-state index contributed by atoms with van der Waals surface area (Å²) in [5, 5.41) is 3.13. The lowest BCUT2D eigenvalue weighted by molar-refractivity contribution is -0.123. The van der Waals surface area contributed by atoms with Gasteiger partial charge >= 0.3 is 0 Å². The number of carbonyl (C=O) groups excluding carboxylic acids is 1. The lowest BCUT2D eigenvalue weighted by Crippen LogP contribution is -2.40. The van der Waals surface area contributed by atoms with Gasteiger partial charge in [0.25, 0.3) is 0 Å². The molecule has 0 heterocycles. The summed E-state index contributed by atoms with van der Waals surface area (Å²) in [6, 6.07) is 18.5. The van der Waals surface area contributed by atoms with Gasteiger partial charge < -0.3 is 10.1 Å². The van der Waals surface area contributed by atoms with Gasteiger partial charge in [0.15, 0.2) is 11.1 Å². The summed E-state index contributed by atoms with van der Waals surface area (Å²) in [5.74, 6) is 0.877. The Bertz CT molecular complexity index is 776. The van der Waals surface area contributed by atoms with Gasteiger partial charge in [-0.05, 0) is 36.2 Å². The first kappa shape index (κ1) is 28.3. The van der Waals surface area contributed by atoms with E-state index in [-0.39, 0.29) is 23.0 Å². The zero-order chi connectivity index (χ0) is 24.4. The van der Waals surface area contributed by atoms with Crippen LogP contribution in [0.1, 0.15) is 89.5 Å². The Morgan fingerprint density at radius 3 is 1.91 bits per heavy atom. The summed E-state index contributed by atoms with van der Waals surface area (Å²) in [7, 11) is 0.224. The van der Waals surface area contributed by atoms with Gasteiger partial charge in [0.2, 0.25) is 5.91 Å². The van der Waals surface area contributed by atoms with Crippen molar-refractivity contribution >= 4 is 16.8 Å². The highest BCUT2D eigenvalue weighted by molar-refractivity contribution is 7.95. The van der Waals surface area contributed by atoms with Crippen LogP contribution in [-0.4, -0.2) is 24.6 Å². The van der Waals surface area contributed by atoms with E-state index in [4.69, 9.17) is 4.74 Å². The van der Waals surface area contributed by atoms with Gasteiger partial charge in [-0.2, -0.15) is 0 Å². The highest BCUT2D eigenvalue weighted by Crippen LogP contribution is 2.18. The molecule has 1 atom stereocenters. The maximum absolute atomic E-state index is 12.6. The van der Waals surface area contributed by atoms with Crippen molar-refractivity contribution in [2.45, 2.75) is 102 Å². The molecule has 188 valence electrons. The van der Waals surface area contributed by atoms with E-state index in [1.807, 2.05) is 30.3 Å². The second-order valence-electron chi connectivity index (χ2n) is 9.44. The SMILES string of the molecule is CCCCCCCCCCCCCC(=O)N[C@@H](Cc1ccccc1)Oc1ccc([S+](C)C)cc1. The summed E-state index contributed by atoms with van der Waals surface area (Å²) in [6.45, 7) is 2.27. The number of rotatable bonds is 18. The molecule has 0 bridgehead atoms. The minimum absolute atomic E-state index is 0.0807. The van der Waals surface area contributed by atoms with Gasteiger partial charge in [0, 0.05) is 23.7 Å². The molecule has 0 saturated heterocycles. The average molecular weight is 485 g/mol. The van der Waals surface area contributed by atoms with E-state index < -0.39 is 0 Å². The van der Waals surface area contributed by atoms with Crippen molar-refractivity contribution < 1.29 is 9.53 Å². The molecular weight excluding hydrogens is 438 g/mol. The van der Waals surface area contributed by atoms with E-state index in [2.05, 4.69) is 49.0 Å². The van der Waals surface area contributed by atoms with Crippen molar-refractivity contribution in [1.82, 2.24) is 5.32 Å². The van der Waals surface area contributed by atoms with Crippen molar-refractivity contribution in [2.24, 2.45) is 0 Å². The molecule has 0 aliphatic heterocycles. The molecule has 0 radical (unpaired) electrons. The molecule has 3 nitrogen and oxygen atoms in total. The van der Waals surface area contributed by atoms with E-state index in [1.54, 1.807) is 0 Å². The predicted octanol–water partition coefficient (Wildman–Crippen LogP) is 7.69. The number of unbranched alkanes of at least 4 members (excludes halogenated alkanes) is 10. The summed E-state index contributed by atoms with van der Waals surface area (Å²) < 4.78 is 6.20. The summed E-state index contributed by atoms with van der Waals surface area (Å²) in [6.07, 6.45) is 19.4. The highest BCUT2D eigenvalue weighted by atomic mass is 32.2. The van der Waals surface area contributed by atoms with Gasteiger partial charge in [-0.25, -0.2) is 0 Å². The quantitative estimate of drug-likeness (QED) is 0.134. The van der Waals surface area contributed by atoms with Crippen LogP contribution in [0.5, 0.6) is 5.75 Å². The van der Waals surface area contributed by atoms with Gasteiger partial charge in [-0.15, -0.1) is 0 Å². The van der Waals surface area contributed by atoms with Crippen LogP contribution in [-0.2, 0) is 22.1 Å². The number of nitrogens with one attached hydrogen (secondary N) is 1. The Morgan fingerprint density at radius 2 is 1.35 bits per heavy atom. The standard InChI is InChI=1S/C30H45NO2S/c1-4-5-6-7-8-9-10-11-12-13-17-20-29(32)31-30(25-26-18-15-14-16-19-26)33-27-21-23-28(24-22-27)34(2)3/h14-16,18-19,21-24,30H,4-13,17,20,25H2,1-3H3/p+1/t30-/m1/s1. The number of hydrogen-bond donors (Lipinski definition) is 1. The van der Waals surface area contributed by atoms with Crippen molar-refractivity contribution in [3.05, 3.63) is 60.2 Å². The van der Waals surface area contributed by atoms with Crippen LogP contribution in [0.2, 0.25) is 0 Å². The molecule has 0 aliphatic carbocycles. The highest BCUT2D eigenvalue weighted by Gasteiger charge is 2.16. The normalized spacial score (nSPS) is 12.0. The Morgan fingerprint density at radius 1 is 0.794 bits per heavy atom. The first-order chi connectivity index (χ1) is 16.6. The van der Waals surface area contributed by atoms with Crippen LogP contribution in [0, 0.1) is 0 Å². The first-order valence-electron chi connectivity index (χ1n) is 13.3. The summed E-state index contributed by atoms with van der Waals surface area (Å²) >= 11 is 0. The predicted molar refractivity (Wildman–Crippen MR) is 148 cm³/mol. The van der Waals surface area contributed by atoms with Crippen LogP contribution in [0.4, 0.5) is 0 Å². The number of amides is 1. The Balaban J connectivity index is 1.71. The van der Waals surface area contributed by atoms with Crippen molar-refractivity contribution in [3.63, 3.8) is 0 Å². The van der Waals surface area contributed by atoms with E-state index in [0.717, 1.165) is 24.2 Å². The molecule has 2 aromatic carbocycles. The lowest BCUT2D eigenvalue weighted by atomic mass is 10.1. The van der Waals surface area contributed by atoms with Crippen LogP contribution in [0.15, 0.2) is 59.5 Å². The lowest BCUT2D eigenvalue weighted by Gasteiger charge is -2.21. The Labute approximate surface area is 211 Å². The summed E-state index contributed by atoms with van der Waals surface area (Å²) in [5.41, 5.74) is 1.16. The second-order valence-corrected chi connectivity index (χ2v) is 11.5. The fourth-order valence-corrected chi connectivity index (χ4v) is 4.79. The zero-order valence-corrected chi connectivity index (χ0v) is 22.5. The van der Waals surface area contributed by atoms with Crippen molar-refractivity contribution in [3.8, 4) is 5.75 Å². The minimum atomic E-state index is -0.366. The molecule has 4 heteroatoms. The van der Waals surface area contributed by atoms with E-state index in [1.165, 1.54) is 62.7 Å². The van der Waals surface area contributed by atoms with Gasteiger partial charge in [0.1, 0.15) is 18.3 Å². The maximum Gasteiger partial charge on any atom is 0.222 e. The number of benzene rings is 2. The fraction of sp³-hybridized carbons (Fsp3) is 0.567. The molecule has 2 rings (SSSR count). The number of hydrogen-bond acceptors (Lipinski definition) is 2. The van der Waals surface area contributed by atoms with Crippen LogP contribution >= 0.6 is 0 Å². The third kappa shape index (κ3) is 12.5. The molecule has 1 amide bonds. The topological polar surface area (TPSA) is 38.3 Å². The molecule has 0 fully saturated rings. The van der Waals surface area contributed by atoms with Crippen molar-refractivity contribution in [2.75, 3.05) is 12.5 Å². The molecule has 2 aromatic rings. The summed E-state index contributed by atoms with van der Waals surface area (Å²) in [4.78, 5) is 14.0. The monoisotopic (exact) mass is 484 g/mol. The molecule has 1 N–H and O–H groups in total. The average Bonchev–Trinajstić information content (AvgIpc) is 2.83.